The molecule has 1 aliphatic carbocycles. The maximum atomic E-state index is 12.4. The molecule has 152 valence electrons. The van der Waals surface area contributed by atoms with E-state index in [-0.39, 0.29) is 24.9 Å². The predicted octanol–water partition coefficient (Wildman–Crippen LogP) is 2.07. The van der Waals surface area contributed by atoms with Gasteiger partial charge < -0.3 is 10.6 Å². The Kier molecular flexibility index (Phi) is 7.02. The van der Waals surface area contributed by atoms with Crippen LogP contribution in [0.1, 0.15) is 60.1 Å². The minimum atomic E-state index is -0.0531. The van der Waals surface area contributed by atoms with Crippen molar-refractivity contribution in [1.29, 1.82) is 0 Å². The number of rotatable bonds is 5. The van der Waals surface area contributed by atoms with Gasteiger partial charge in [-0.15, -0.1) is 12.4 Å². The van der Waals surface area contributed by atoms with Gasteiger partial charge in [0.05, 0.1) is 6.54 Å². The molecule has 0 saturated carbocycles. The highest BCUT2D eigenvalue weighted by Crippen LogP contribution is 2.23. The summed E-state index contributed by atoms with van der Waals surface area (Å²) < 4.78 is 1.83. The Morgan fingerprint density at radius 3 is 2.96 bits per heavy atom. The molecule has 7 nitrogen and oxygen atoms in total. The van der Waals surface area contributed by atoms with Crippen LogP contribution in [0.3, 0.4) is 0 Å². The molecule has 2 N–H and O–H groups in total. The van der Waals surface area contributed by atoms with E-state index in [1.54, 1.807) is 6.20 Å². The zero-order valence-corrected chi connectivity index (χ0v) is 17.2. The van der Waals surface area contributed by atoms with Gasteiger partial charge in [-0.05, 0) is 63.6 Å². The summed E-state index contributed by atoms with van der Waals surface area (Å²) in [7, 11) is 0. The van der Waals surface area contributed by atoms with E-state index >= 15 is 0 Å². The molecule has 0 spiro atoms. The van der Waals surface area contributed by atoms with E-state index in [0.717, 1.165) is 55.9 Å². The third-order valence-corrected chi connectivity index (χ3v) is 5.64. The molecule has 2 aliphatic rings. The van der Waals surface area contributed by atoms with Crippen LogP contribution in [0.5, 0.6) is 0 Å². The van der Waals surface area contributed by atoms with Gasteiger partial charge in [-0.25, -0.2) is 9.97 Å². The SMILES string of the molecule is Cc1nc(CNC(=O)Cn2nccc2C2CCCNC2)nc2c1CCCC2.Cl. The van der Waals surface area contributed by atoms with Crippen molar-refractivity contribution in [3.05, 3.63) is 40.7 Å². The van der Waals surface area contributed by atoms with Crippen molar-refractivity contribution >= 4 is 18.3 Å². The molecular formula is C20H29ClN6O. The minimum Gasteiger partial charge on any atom is -0.347 e. The molecule has 1 saturated heterocycles. The molecule has 2 aromatic heterocycles. The lowest BCUT2D eigenvalue weighted by Crippen LogP contribution is -2.32. The maximum absolute atomic E-state index is 12.4. The summed E-state index contributed by atoms with van der Waals surface area (Å²) in [6.45, 7) is 4.68. The fourth-order valence-electron chi connectivity index (χ4n) is 4.22. The van der Waals surface area contributed by atoms with Crippen LogP contribution in [0, 0.1) is 6.92 Å². The first-order chi connectivity index (χ1) is 13.2. The second kappa shape index (κ2) is 9.47. The van der Waals surface area contributed by atoms with Crippen molar-refractivity contribution in [3.8, 4) is 0 Å². The van der Waals surface area contributed by atoms with Crippen LogP contribution in [-0.2, 0) is 30.7 Å². The van der Waals surface area contributed by atoms with Crippen LogP contribution in [-0.4, -0.2) is 38.7 Å². The number of amides is 1. The van der Waals surface area contributed by atoms with Crippen molar-refractivity contribution in [1.82, 2.24) is 30.4 Å². The first kappa shape index (κ1) is 20.7. The highest BCUT2D eigenvalue weighted by atomic mass is 35.5. The van der Waals surface area contributed by atoms with Crippen LogP contribution in [0.4, 0.5) is 0 Å². The van der Waals surface area contributed by atoms with E-state index in [4.69, 9.17) is 0 Å². The van der Waals surface area contributed by atoms with E-state index in [1.165, 1.54) is 18.4 Å². The highest BCUT2D eigenvalue weighted by Gasteiger charge is 2.20. The number of halogens is 1. The second-order valence-corrected chi connectivity index (χ2v) is 7.59. The summed E-state index contributed by atoms with van der Waals surface area (Å²) in [5, 5.41) is 10.7. The second-order valence-electron chi connectivity index (χ2n) is 7.59. The van der Waals surface area contributed by atoms with Gasteiger partial charge in [0.15, 0.2) is 0 Å². The molecular weight excluding hydrogens is 376 g/mol. The zero-order chi connectivity index (χ0) is 18.6. The molecule has 0 aromatic carbocycles. The number of fused-ring (bicyclic) bond motifs is 1. The monoisotopic (exact) mass is 404 g/mol. The number of aryl methyl sites for hydroxylation is 2. The molecule has 28 heavy (non-hydrogen) atoms. The summed E-state index contributed by atoms with van der Waals surface area (Å²) in [6, 6.07) is 2.03. The zero-order valence-electron chi connectivity index (χ0n) is 16.4. The summed E-state index contributed by atoms with van der Waals surface area (Å²) in [4.78, 5) is 21.7. The number of carbonyl (C=O) groups excluding carboxylic acids is 1. The molecule has 1 unspecified atom stereocenters. The molecule has 1 fully saturated rings. The van der Waals surface area contributed by atoms with Crippen LogP contribution < -0.4 is 10.6 Å². The number of hydrogen-bond acceptors (Lipinski definition) is 5. The fraction of sp³-hybridized carbons (Fsp3) is 0.600. The third kappa shape index (κ3) is 4.70. The van der Waals surface area contributed by atoms with Crippen molar-refractivity contribution in [2.45, 2.75) is 64.5 Å². The minimum absolute atomic E-state index is 0. The fourth-order valence-corrected chi connectivity index (χ4v) is 4.22. The van der Waals surface area contributed by atoms with Gasteiger partial charge in [-0.2, -0.15) is 5.10 Å². The van der Waals surface area contributed by atoms with Gasteiger partial charge in [0.25, 0.3) is 0 Å². The molecule has 1 amide bonds. The normalized spacial score (nSPS) is 18.8. The first-order valence-electron chi connectivity index (χ1n) is 10.0. The Balaban J connectivity index is 0.00000225. The van der Waals surface area contributed by atoms with Crippen molar-refractivity contribution in [2.24, 2.45) is 0 Å². The molecule has 3 heterocycles. The molecule has 1 atom stereocenters. The van der Waals surface area contributed by atoms with Gasteiger partial charge in [-0.3, -0.25) is 9.48 Å². The first-order valence-corrected chi connectivity index (χ1v) is 10.0. The lowest BCUT2D eigenvalue weighted by atomic mass is 9.95. The largest absolute Gasteiger partial charge is 0.347 e. The van der Waals surface area contributed by atoms with E-state index in [9.17, 15) is 4.79 Å². The summed E-state index contributed by atoms with van der Waals surface area (Å²) in [5.74, 6) is 1.09. The standard InChI is InChI=1S/C20H28N6O.ClH/c1-14-16-6-2-3-7-17(16)25-19(24-14)12-22-20(27)13-26-18(8-10-23-26)15-5-4-9-21-11-15;/h8,10,15,21H,2-7,9,11-13H2,1H3,(H,22,27);1H. The summed E-state index contributed by atoms with van der Waals surface area (Å²) in [5.41, 5.74) is 4.66. The van der Waals surface area contributed by atoms with Crippen molar-refractivity contribution < 1.29 is 4.79 Å². The average molecular weight is 405 g/mol. The Morgan fingerprint density at radius 2 is 2.14 bits per heavy atom. The van der Waals surface area contributed by atoms with Gasteiger partial charge in [0, 0.05) is 35.7 Å². The van der Waals surface area contributed by atoms with E-state index in [2.05, 4.69) is 25.7 Å². The quantitative estimate of drug-likeness (QED) is 0.796. The van der Waals surface area contributed by atoms with Crippen LogP contribution in [0.2, 0.25) is 0 Å². The Labute approximate surface area is 172 Å². The lowest BCUT2D eigenvalue weighted by Gasteiger charge is -2.23. The number of carbonyl (C=O) groups is 1. The number of piperidine rings is 1. The lowest BCUT2D eigenvalue weighted by molar-refractivity contribution is -0.122. The average Bonchev–Trinajstić information content (AvgIpc) is 3.15. The number of hydrogen-bond donors (Lipinski definition) is 2. The van der Waals surface area contributed by atoms with Gasteiger partial charge in [0.2, 0.25) is 5.91 Å². The summed E-state index contributed by atoms with van der Waals surface area (Å²) >= 11 is 0. The smallest absolute Gasteiger partial charge is 0.242 e. The Bertz CT molecular complexity index is 815. The maximum Gasteiger partial charge on any atom is 0.242 e. The van der Waals surface area contributed by atoms with Crippen LogP contribution in [0.15, 0.2) is 12.3 Å². The molecule has 8 heteroatoms. The molecule has 2 aromatic rings. The van der Waals surface area contributed by atoms with E-state index < -0.39 is 0 Å². The van der Waals surface area contributed by atoms with Crippen molar-refractivity contribution in [3.63, 3.8) is 0 Å². The third-order valence-electron chi connectivity index (χ3n) is 5.64. The topological polar surface area (TPSA) is 84.7 Å². The predicted molar refractivity (Wildman–Crippen MR) is 110 cm³/mol. The Hall–Kier alpha value is -1.99. The van der Waals surface area contributed by atoms with Crippen LogP contribution >= 0.6 is 12.4 Å². The molecule has 1 aliphatic heterocycles. The number of nitrogens with zero attached hydrogens (tertiary/aromatic N) is 4. The molecule has 4 rings (SSSR count). The number of aromatic nitrogens is 4. The van der Waals surface area contributed by atoms with Crippen LogP contribution in [0.25, 0.3) is 0 Å². The van der Waals surface area contributed by atoms with E-state index in [0.29, 0.717) is 18.3 Å². The van der Waals surface area contributed by atoms with Gasteiger partial charge in [0.1, 0.15) is 12.4 Å². The number of nitrogens with one attached hydrogen (secondary N) is 2. The van der Waals surface area contributed by atoms with Gasteiger partial charge >= 0.3 is 0 Å². The Morgan fingerprint density at radius 1 is 1.29 bits per heavy atom. The van der Waals surface area contributed by atoms with Gasteiger partial charge in [-0.1, -0.05) is 0 Å². The van der Waals surface area contributed by atoms with Crippen molar-refractivity contribution in [2.75, 3.05) is 13.1 Å². The summed E-state index contributed by atoms with van der Waals surface area (Å²) in [6.07, 6.45) is 8.59. The molecule has 0 bridgehead atoms. The molecule has 0 radical (unpaired) electrons. The van der Waals surface area contributed by atoms with E-state index in [1.807, 2.05) is 17.7 Å². The highest BCUT2D eigenvalue weighted by molar-refractivity contribution is 5.85.